The van der Waals surface area contributed by atoms with Crippen LogP contribution in [0.15, 0.2) is 123 Å². The summed E-state index contributed by atoms with van der Waals surface area (Å²) in [6.07, 6.45) is 11.9. The molecule has 2 amide bonds. The fraction of sp³-hybridized carbons (Fsp3) is 0.320. The minimum atomic E-state index is -5.13. The first-order valence-corrected chi connectivity index (χ1v) is 25.4. The molecule has 6 rings (SSSR count). The molecular formula is C50H58N4Na2O12S2. The number of aromatic hydroxyl groups is 2. The Labute approximate surface area is 455 Å². The number of phenolic OH excluding ortho intramolecular Hbond substituents is 2. The summed E-state index contributed by atoms with van der Waals surface area (Å²) in [5, 5.41) is 36.6. The molecule has 0 saturated carbocycles. The van der Waals surface area contributed by atoms with Gasteiger partial charge in [0.15, 0.2) is 5.75 Å². The van der Waals surface area contributed by atoms with Crippen molar-refractivity contribution in [1.82, 2.24) is 5.32 Å². The predicted octanol–water partition coefficient (Wildman–Crippen LogP) is 5.69. The first kappa shape index (κ1) is 58.0. The summed E-state index contributed by atoms with van der Waals surface area (Å²) in [5.41, 5.74) is -0.573. The van der Waals surface area contributed by atoms with Crippen LogP contribution in [0.4, 0.5) is 17.1 Å². The van der Waals surface area contributed by atoms with Crippen LogP contribution in [0.25, 0.3) is 21.5 Å². The molecule has 6 aromatic carbocycles. The third kappa shape index (κ3) is 16.0. The van der Waals surface area contributed by atoms with E-state index in [2.05, 4.69) is 27.8 Å². The smallest absolute Gasteiger partial charge is 1.00 e. The van der Waals surface area contributed by atoms with Crippen LogP contribution < -0.4 is 79.2 Å². The number of azo groups is 1. The van der Waals surface area contributed by atoms with E-state index in [9.17, 15) is 45.7 Å². The van der Waals surface area contributed by atoms with Crippen molar-refractivity contribution in [3.05, 3.63) is 114 Å². The molecule has 0 spiro atoms. The molecule has 0 fully saturated rings. The molecule has 0 aliphatic heterocycles. The van der Waals surface area contributed by atoms with Gasteiger partial charge in [-0.05, 0) is 79.4 Å². The zero-order chi connectivity index (χ0) is 48.8. The number of phenols is 2. The van der Waals surface area contributed by atoms with Gasteiger partial charge in [-0.2, -0.15) is 21.9 Å². The summed E-state index contributed by atoms with van der Waals surface area (Å²) < 4.78 is 81.7. The second-order valence-electron chi connectivity index (χ2n) is 16.4. The van der Waals surface area contributed by atoms with Crippen LogP contribution >= 0.6 is 0 Å². The van der Waals surface area contributed by atoms with E-state index in [0.717, 1.165) is 37.5 Å². The fourth-order valence-corrected chi connectivity index (χ4v) is 8.84. The van der Waals surface area contributed by atoms with Gasteiger partial charge in [-0.15, -0.1) is 5.11 Å². The number of rotatable bonds is 24. The third-order valence-electron chi connectivity index (χ3n) is 11.2. The van der Waals surface area contributed by atoms with E-state index in [1.54, 1.807) is 48.5 Å². The molecule has 0 radical (unpaired) electrons. The van der Waals surface area contributed by atoms with Crippen molar-refractivity contribution in [3.63, 3.8) is 0 Å². The van der Waals surface area contributed by atoms with Gasteiger partial charge in [0.25, 0.3) is 32.1 Å². The zero-order valence-corrected chi connectivity index (χ0v) is 45.5. The number of carbonyl (C=O) groups excluding carboxylic acids is 2. The van der Waals surface area contributed by atoms with Gasteiger partial charge in [0.05, 0.1) is 34.5 Å². The van der Waals surface area contributed by atoms with E-state index < -0.39 is 47.4 Å². The Bertz CT molecular complexity index is 3010. The van der Waals surface area contributed by atoms with E-state index in [-0.39, 0.29) is 120 Å². The summed E-state index contributed by atoms with van der Waals surface area (Å²) in [6, 6.07) is 25.2. The van der Waals surface area contributed by atoms with E-state index in [0.29, 0.717) is 35.2 Å². The number of nitrogens with zero attached hydrogens (tertiary/aromatic N) is 2. The number of amides is 2. The number of hydrogen-bond acceptors (Lipinski definition) is 12. The molecule has 70 heavy (non-hydrogen) atoms. The van der Waals surface area contributed by atoms with E-state index in [4.69, 9.17) is 9.47 Å². The quantitative estimate of drug-likeness (QED) is 0.0185. The standard InChI is InChI=1S/C50H56N4O12S2.2Na.2H/c1-3-4-5-6-7-8-9-10-11-17-27-51-50(58)41-32-43(39-20-15-16-21-40(39)47(41)55)65-28-26-33(2)66-37-24-22-36(23-25-37)53-54-46-44(68(62,63)64)30-35-29-38(67(59,60)61)31-42(45(35)48(46)56)52-49(57)34-18-13-12-14-19-34;;;;/h12-16,18-25,29-33,55-56H,3-11,17,26-28H2,1-2H3,(H,51,58)(H,52,57)(H,59,60,61)(H,62,63,64);;;;/q;2*+1;2*-1. The van der Waals surface area contributed by atoms with Gasteiger partial charge >= 0.3 is 59.1 Å². The van der Waals surface area contributed by atoms with Crippen molar-refractivity contribution >= 4 is 70.7 Å². The Morgan fingerprint density at radius 2 is 1.31 bits per heavy atom. The molecule has 0 bridgehead atoms. The van der Waals surface area contributed by atoms with Crippen molar-refractivity contribution in [2.24, 2.45) is 10.2 Å². The predicted molar refractivity (Wildman–Crippen MR) is 262 cm³/mol. The molecule has 0 heterocycles. The second-order valence-corrected chi connectivity index (χ2v) is 19.2. The largest absolute Gasteiger partial charge is 1.00 e. The molecule has 364 valence electrons. The fourth-order valence-electron chi connectivity index (χ4n) is 7.64. The maximum atomic E-state index is 13.2. The molecule has 0 saturated heterocycles. The van der Waals surface area contributed by atoms with E-state index >= 15 is 0 Å². The van der Waals surface area contributed by atoms with Crippen LogP contribution in [0.2, 0.25) is 0 Å². The van der Waals surface area contributed by atoms with Crippen LogP contribution in [0.3, 0.4) is 0 Å². The third-order valence-corrected chi connectivity index (χ3v) is 12.9. The molecule has 20 heteroatoms. The molecule has 6 N–H and O–H groups in total. The normalized spacial score (nSPS) is 12.0. The SMILES string of the molecule is CCCCCCCCCCCCNC(=O)c1cc(OCCC(C)Oc2ccc(N=Nc3c(S(=O)(=O)O)cc4cc(S(=O)(=O)O)cc(NC(=O)c5ccccc5)c4c3O)cc2)c2ccccc2c1O.[H-].[H-].[Na+].[Na+]. The first-order chi connectivity index (χ1) is 32.5. The van der Waals surface area contributed by atoms with Crippen molar-refractivity contribution in [1.29, 1.82) is 0 Å². The van der Waals surface area contributed by atoms with Gasteiger partial charge in [-0.1, -0.05) is 107 Å². The van der Waals surface area contributed by atoms with Gasteiger partial charge in [0, 0.05) is 34.7 Å². The van der Waals surface area contributed by atoms with Gasteiger partial charge in [0.1, 0.15) is 27.8 Å². The number of benzene rings is 6. The van der Waals surface area contributed by atoms with Crippen LogP contribution in [0.1, 0.15) is 108 Å². The minimum absolute atomic E-state index is 0. The number of hydrogen-bond donors (Lipinski definition) is 6. The molecule has 6 aromatic rings. The molecule has 0 aliphatic rings. The van der Waals surface area contributed by atoms with Crippen LogP contribution in [-0.2, 0) is 20.2 Å². The summed E-state index contributed by atoms with van der Waals surface area (Å²) in [7, 11) is -10.0. The molecule has 0 aliphatic carbocycles. The number of carbonyl (C=O) groups is 2. The number of anilines is 1. The van der Waals surface area contributed by atoms with E-state index in [1.165, 1.54) is 69.2 Å². The number of ether oxygens (including phenoxy) is 2. The van der Waals surface area contributed by atoms with Crippen LogP contribution in [0.5, 0.6) is 23.0 Å². The molecule has 1 atom stereocenters. The average Bonchev–Trinajstić information content (AvgIpc) is 3.31. The van der Waals surface area contributed by atoms with Gasteiger partial charge in [-0.25, -0.2) is 0 Å². The second kappa shape index (κ2) is 27.3. The van der Waals surface area contributed by atoms with E-state index in [1.807, 2.05) is 19.1 Å². The molecule has 1 unspecified atom stereocenters. The summed E-state index contributed by atoms with van der Waals surface area (Å²) in [6.45, 7) is 4.77. The number of fused-ring (bicyclic) bond motifs is 2. The Kier molecular flexibility index (Phi) is 22.6. The van der Waals surface area contributed by atoms with Crippen molar-refractivity contribution in [3.8, 4) is 23.0 Å². The Morgan fingerprint density at radius 3 is 1.94 bits per heavy atom. The van der Waals surface area contributed by atoms with Crippen LogP contribution in [0, 0.1) is 0 Å². The van der Waals surface area contributed by atoms with Crippen molar-refractivity contribution in [2.75, 3.05) is 18.5 Å². The Morgan fingerprint density at radius 1 is 0.700 bits per heavy atom. The summed E-state index contributed by atoms with van der Waals surface area (Å²) >= 11 is 0. The minimum Gasteiger partial charge on any atom is -1.00 e. The topological polar surface area (TPSA) is 251 Å². The van der Waals surface area contributed by atoms with Gasteiger partial charge in [0.2, 0.25) is 0 Å². The molecular weight excluding hydrogens is 959 g/mol. The Hall–Kier alpha value is -4.60. The molecule has 16 nitrogen and oxygen atoms in total. The van der Waals surface area contributed by atoms with Gasteiger partial charge in [-0.3, -0.25) is 18.7 Å². The van der Waals surface area contributed by atoms with Crippen molar-refractivity contribution < 1.29 is 117 Å². The van der Waals surface area contributed by atoms with Gasteiger partial charge < -0.3 is 33.2 Å². The van der Waals surface area contributed by atoms with Crippen molar-refractivity contribution in [2.45, 2.75) is 100 Å². The maximum Gasteiger partial charge on any atom is 1.00 e. The summed E-state index contributed by atoms with van der Waals surface area (Å²) in [4.78, 5) is 24.7. The Balaban J connectivity index is 0.00000444. The summed E-state index contributed by atoms with van der Waals surface area (Å²) in [5.74, 6) is -1.21. The average molecular weight is 1020 g/mol. The number of unbranched alkanes of at least 4 members (excludes halogenated alkanes) is 9. The maximum absolute atomic E-state index is 13.2. The first-order valence-electron chi connectivity index (χ1n) is 22.5. The molecule has 0 aromatic heterocycles. The number of nitrogens with one attached hydrogen (secondary N) is 2. The zero-order valence-electron chi connectivity index (χ0n) is 41.9. The monoisotopic (exact) mass is 1020 g/mol. The van der Waals surface area contributed by atoms with Crippen LogP contribution in [-0.4, -0.2) is 67.2 Å².